The first-order chi connectivity index (χ1) is 7.19. The molecule has 0 aromatic carbocycles. The van der Waals surface area contributed by atoms with E-state index in [1.807, 2.05) is 27.7 Å². The summed E-state index contributed by atoms with van der Waals surface area (Å²) in [6, 6.07) is 0. The Labute approximate surface area is 95.3 Å². The Morgan fingerprint density at radius 1 is 1.38 bits per heavy atom. The van der Waals surface area contributed by atoms with Crippen LogP contribution in [0.1, 0.15) is 40.5 Å². The van der Waals surface area contributed by atoms with Crippen LogP contribution in [0.25, 0.3) is 0 Å². The van der Waals surface area contributed by atoms with Gasteiger partial charge in [-0.15, -0.1) is 0 Å². The first-order valence-electron chi connectivity index (χ1n) is 5.44. The summed E-state index contributed by atoms with van der Waals surface area (Å²) >= 11 is 0. The average molecular weight is 233 g/mol. The number of ether oxygens (including phenoxy) is 1. The summed E-state index contributed by atoms with van der Waals surface area (Å²) in [5, 5.41) is 11.3. The van der Waals surface area contributed by atoms with Crippen molar-refractivity contribution < 1.29 is 19.1 Å². The molecule has 1 aliphatic heterocycles. The number of carbonyl (C=O) groups excluding carboxylic acids is 1. The monoisotopic (exact) mass is 233 g/mol. The van der Waals surface area contributed by atoms with Gasteiger partial charge in [-0.3, -0.25) is 0 Å². The molecular weight excluding hydrogens is 213 g/mol. The standard InChI is InChI=1S/C11H20FNO3/c1-10(2)5-8(16-9(14)7-12)6-11(3,4)13(10)15/h8,15H,5-7H2,1-4H3. The second kappa shape index (κ2) is 4.30. The van der Waals surface area contributed by atoms with Gasteiger partial charge in [0.1, 0.15) is 6.10 Å². The molecule has 0 atom stereocenters. The molecule has 0 aliphatic carbocycles. The summed E-state index contributed by atoms with van der Waals surface area (Å²) in [6.45, 7) is 6.36. The number of hydrogen-bond donors (Lipinski definition) is 1. The molecule has 0 unspecified atom stereocenters. The van der Waals surface area contributed by atoms with Crippen molar-refractivity contribution in [2.24, 2.45) is 0 Å². The number of carbonyl (C=O) groups is 1. The summed E-state index contributed by atoms with van der Waals surface area (Å²) < 4.78 is 17.1. The third kappa shape index (κ3) is 2.71. The molecule has 0 aromatic heterocycles. The quantitative estimate of drug-likeness (QED) is 0.740. The predicted octanol–water partition coefficient (Wildman–Crippen LogP) is 1.91. The van der Waals surface area contributed by atoms with Crippen LogP contribution >= 0.6 is 0 Å². The smallest absolute Gasteiger partial charge is 0.337 e. The van der Waals surface area contributed by atoms with Gasteiger partial charge in [0.25, 0.3) is 0 Å². The van der Waals surface area contributed by atoms with Gasteiger partial charge in [-0.25, -0.2) is 9.18 Å². The van der Waals surface area contributed by atoms with Crippen LogP contribution in [0.4, 0.5) is 4.39 Å². The minimum absolute atomic E-state index is 0.336. The fourth-order valence-corrected chi connectivity index (χ4v) is 2.48. The van der Waals surface area contributed by atoms with E-state index in [9.17, 15) is 14.4 Å². The molecule has 0 bridgehead atoms. The minimum atomic E-state index is -1.10. The van der Waals surface area contributed by atoms with E-state index in [4.69, 9.17) is 4.74 Å². The highest BCUT2D eigenvalue weighted by Gasteiger charge is 2.46. The Balaban J connectivity index is 2.75. The number of hydrogen-bond acceptors (Lipinski definition) is 4. The first kappa shape index (κ1) is 13.4. The van der Waals surface area contributed by atoms with Gasteiger partial charge in [0.2, 0.25) is 0 Å². The molecule has 1 aliphatic rings. The van der Waals surface area contributed by atoms with Crippen LogP contribution in [0.2, 0.25) is 0 Å². The maximum Gasteiger partial charge on any atom is 0.337 e. The number of piperidine rings is 1. The van der Waals surface area contributed by atoms with Crippen LogP contribution in [0.15, 0.2) is 0 Å². The summed E-state index contributed by atoms with van der Waals surface area (Å²) in [4.78, 5) is 10.9. The number of esters is 1. The predicted molar refractivity (Wildman–Crippen MR) is 56.9 cm³/mol. The highest BCUT2D eigenvalue weighted by atomic mass is 19.1. The lowest BCUT2D eigenvalue weighted by Gasteiger charge is -2.50. The zero-order valence-corrected chi connectivity index (χ0v) is 10.3. The van der Waals surface area contributed by atoms with Crippen LogP contribution in [0.3, 0.4) is 0 Å². The lowest BCUT2D eigenvalue weighted by molar-refractivity contribution is -0.259. The lowest BCUT2D eigenvalue weighted by Crippen LogP contribution is -2.60. The Bertz CT molecular complexity index is 260. The minimum Gasteiger partial charge on any atom is -0.460 e. The van der Waals surface area contributed by atoms with Crippen molar-refractivity contribution >= 4 is 5.97 Å². The second-order valence-corrected chi connectivity index (χ2v) is 5.59. The SMILES string of the molecule is CC1(C)CC(OC(=O)CF)CC(C)(C)N1O. The Morgan fingerprint density at radius 2 is 1.81 bits per heavy atom. The topological polar surface area (TPSA) is 49.8 Å². The van der Waals surface area contributed by atoms with E-state index >= 15 is 0 Å². The first-order valence-corrected chi connectivity index (χ1v) is 5.44. The second-order valence-electron chi connectivity index (χ2n) is 5.59. The van der Waals surface area contributed by atoms with Gasteiger partial charge >= 0.3 is 5.97 Å². The molecular formula is C11H20FNO3. The number of halogens is 1. The molecule has 0 radical (unpaired) electrons. The molecule has 1 fully saturated rings. The van der Waals surface area contributed by atoms with Crippen molar-refractivity contribution in [1.82, 2.24) is 5.06 Å². The van der Waals surface area contributed by atoms with Crippen molar-refractivity contribution in [2.45, 2.75) is 57.7 Å². The summed E-state index contributed by atoms with van der Waals surface area (Å²) in [6.07, 6.45) is 0.661. The molecule has 5 heteroatoms. The van der Waals surface area contributed by atoms with Crippen LogP contribution in [-0.2, 0) is 9.53 Å². The number of nitrogens with zero attached hydrogens (tertiary/aromatic N) is 1. The van der Waals surface area contributed by atoms with Crippen molar-refractivity contribution in [3.05, 3.63) is 0 Å². The normalized spacial score (nSPS) is 25.4. The summed E-state index contributed by atoms with van der Waals surface area (Å²) in [7, 11) is 0. The van der Waals surface area contributed by atoms with Crippen molar-refractivity contribution in [3.63, 3.8) is 0 Å². The molecule has 94 valence electrons. The third-order valence-electron chi connectivity index (χ3n) is 3.01. The van der Waals surface area contributed by atoms with E-state index in [1.54, 1.807) is 0 Å². The van der Waals surface area contributed by atoms with Crippen LogP contribution < -0.4 is 0 Å². The number of rotatable bonds is 2. The molecule has 0 spiro atoms. The molecule has 4 nitrogen and oxygen atoms in total. The van der Waals surface area contributed by atoms with Gasteiger partial charge in [0.15, 0.2) is 6.67 Å². The number of hydroxylamine groups is 2. The van der Waals surface area contributed by atoms with Gasteiger partial charge in [-0.05, 0) is 27.7 Å². The largest absolute Gasteiger partial charge is 0.460 e. The van der Waals surface area contributed by atoms with E-state index in [0.717, 1.165) is 0 Å². The average Bonchev–Trinajstić information content (AvgIpc) is 2.13. The Morgan fingerprint density at radius 3 is 2.19 bits per heavy atom. The molecule has 0 aromatic rings. The fraction of sp³-hybridized carbons (Fsp3) is 0.909. The van der Waals surface area contributed by atoms with Gasteiger partial charge < -0.3 is 9.94 Å². The molecule has 1 rings (SSSR count). The Kier molecular flexibility index (Phi) is 3.59. The van der Waals surface area contributed by atoms with Gasteiger partial charge in [0.05, 0.1) is 0 Å². The van der Waals surface area contributed by atoms with Crippen LogP contribution in [0.5, 0.6) is 0 Å². The van der Waals surface area contributed by atoms with Crippen molar-refractivity contribution in [1.29, 1.82) is 0 Å². The van der Waals surface area contributed by atoms with E-state index in [2.05, 4.69) is 0 Å². The van der Waals surface area contributed by atoms with E-state index in [1.165, 1.54) is 5.06 Å². The van der Waals surface area contributed by atoms with Gasteiger partial charge in [0, 0.05) is 23.9 Å². The molecule has 16 heavy (non-hydrogen) atoms. The maximum atomic E-state index is 12.1. The molecule has 1 N–H and O–H groups in total. The summed E-state index contributed by atoms with van der Waals surface area (Å²) in [5.41, 5.74) is -0.966. The lowest BCUT2D eigenvalue weighted by atomic mass is 9.80. The fourth-order valence-electron chi connectivity index (χ4n) is 2.48. The Hall–Kier alpha value is -0.680. The zero-order chi connectivity index (χ0) is 12.6. The molecule has 1 heterocycles. The van der Waals surface area contributed by atoms with Gasteiger partial charge in [-0.1, -0.05) is 0 Å². The van der Waals surface area contributed by atoms with Crippen LogP contribution in [-0.4, -0.2) is 40.1 Å². The highest BCUT2D eigenvalue weighted by molar-refractivity contribution is 5.70. The highest BCUT2D eigenvalue weighted by Crippen LogP contribution is 2.37. The summed E-state index contributed by atoms with van der Waals surface area (Å²) in [5.74, 6) is -0.831. The number of alkyl halides is 1. The van der Waals surface area contributed by atoms with Crippen molar-refractivity contribution in [3.8, 4) is 0 Å². The van der Waals surface area contributed by atoms with Crippen molar-refractivity contribution in [2.75, 3.05) is 6.67 Å². The molecule has 0 amide bonds. The van der Waals surface area contributed by atoms with E-state index in [-0.39, 0.29) is 6.10 Å². The van der Waals surface area contributed by atoms with E-state index < -0.39 is 23.7 Å². The third-order valence-corrected chi connectivity index (χ3v) is 3.01. The molecule has 0 saturated carbocycles. The zero-order valence-electron chi connectivity index (χ0n) is 10.3. The van der Waals surface area contributed by atoms with Crippen LogP contribution in [0, 0.1) is 0 Å². The van der Waals surface area contributed by atoms with E-state index in [0.29, 0.717) is 12.8 Å². The molecule has 1 saturated heterocycles. The maximum absolute atomic E-state index is 12.1. The van der Waals surface area contributed by atoms with Gasteiger partial charge in [-0.2, -0.15) is 5.06 Å².